The van der Waals surface area contributed by atoms with Crippen molar-refractivity contribution in [3.63, 3.8) is 0 Å². The van der Waals surface area contributed by atoms with Gasteiger partial charge < -0.3 is 10.6 Å². The largest absolute Gasteiger partial charge is 0.327 e. The third-order valence-corrected chi connectivity index (χ3v) is 5.34. The minimum absolute atomic E-state index is 0.194. The van der Waals surface area contributed by atoms with Gasteiger partial charge in [0.25, 0.3) is 0 Å². The molecule has 5 heteroatoms. The van der Waals surface area contributed by atoms with Crippen LogP contribution in [0.1, 0.15) is 37.1 Å². The summed E-state index contributed by atoms with van der Waals surface area (Å²) in [6.45, 7) is 1.98. The number of benzene rings is 1. The maximum atomic E-state index is 12.7. The van der Waals surface area contributed by atoms with Crippen molar-refractivity contribution in [1.82, 2.24) is 15.3 Å². The molecule has 0 spiro atoms. The van der Waals surface area contributed by atoms with Crippen LogP contribution in [-0.4, -0.2) is 16.0 Å². The molecule has 2 N–H and O–H groups in total. The molecular formula is C23H24N4O. The number of hydrogen-bond acceptors (Lipinski definition) is 3. The highest BCUT2D eigenvalue weighted by Gasteiger charge is 2.38. The van der Waals surface area contributed by atoms with Gasteiger partial charge in [0.05, 0.1) is 11.2 Å². The van der Waals surface area contributed by atoms with Crippen LogP contribution in [-0.2, 0) is 5.54 Å². The van der Waals surface area contributed by atoms with E-state index in [1.54, 1.807) is 6.20 Å². The number of nitrogens with one attached hydrogen (secondary N) is 2. The van der Waals surface area contributed by atoms with E-state index in [0.717, 1.165) is 53.9 Å². The molecule has 2 amide bonds. The number of hydrogen-bond donors (Lipinski definition) is 2. The van der Waals surface area contributed by atoms with E-state index >= 15 is 0 Å². The Bertz CT molecular complexity index is 948. The molecule has 142 valence electrons. The van der Waals surface area contributed by atoms with E-state index in [4.69, 9.17) is 0 Å². The molecule has 2 aromatic heterocycles. The van der Waals surface area contributed by atoms with Crippen molar-refractivity contribution in [3.8, 4) is 11.1 Å². The maximum Gasteiger partial charge on any atom is 0.319 e. The summed E-state index contributed by atoms with van der Waals surface area (Å²) in [6, 6.07) is 17.6. The number of aryl methyl sites for hydroxylation is 1. The van der Waals surface area contributed by atoms with E-state index in [1.807, 2.05) is 67.7 Å². The molecule has 5 nitrogen and oxygen atoms in total. The Hall–Kier alpha value is -3.21. The lowest BCUT2D eigenvalue weighted by atomic mass is 9.92. The zero-order valence-corrected chi connectivity index (χ0v) is 16.0. The Morgan fingerprint density at radius 1 is 0.929 bits per heavy atom. The molecule has 1 fully saturated rings. The average molecular weight is 372 g/mol. The van der Waals surface area contributed by atoms with Crippen molar-refractivity contribution >= 4 is 11.7 Å². The van der Waals surface area contributed by atoms with Crippen LogP contribution in [0, 0.1) is 6.92 Å². The number of amides is 2. The van der Waals surface area contributed by atoms with E-state index in [1.165, 1.54) is 0 Å². The first-order valence-electron chi connectivity index (χ1n) is 9.68. The number of rotatable bonds is 4. The molecule has 4 rings (SSSR count). The molecule has 0 radical (unpaired) electrons. The minimum atomic E-state index is -0.375. The smallest absolute Gasteiger partial charge is 0.319 e. The second-order valence-electron chi connectivity index (χ2n) is 7.35. The Balaban J connectivity index is 1.46. The van der Waals surface area contributed by atoms with Crippen molar-refractivity contribution < 1.29 is 4.79 Å². The van der Waals surface area contributed by atoms with Gasteiger partial charge in [0.15, 0.2) is 0 Å². The Morgan fingerprint density at radius 2 is 1.71 bits per heavy atom. The number of aromatic nitrogens is 2. The maximum absolute atomic E-state index is 12.7. The molecule has 0 unspecified atom stereocenters. The van der Waals surface area contributed by atoms with Crippen LogP contribution in [0.2, 0.25) is 0 Å². The highest BCUT2D eigenvalue weighted by atomic mass is 16.2. The monoisotopic (exact) mass is 372 g/mol. The van der Waals surface area contributed by atoms with Gasteiger partial charge in [-0.2, -0.15) is 0 Å². The lowest BCUT2D eigenvalue weighted by Crippen LogP contribution is -2.46. The lowest BCUT2D eigenvalue weighted by Gasteiger charge is -2.29. The third-order valence-electron chi connectivity index (χ3n) is 5.34. The van der Waals surface area contributed by atoms with Gasteiger partial charge in [-0.25, -0.2) is 4.79 Å². The molecular weight excluding hydrogens is 348 g/mol. The average Bonchev–Trinajstić information content (AvgIpc) is 3.19. The normalized spacial score (nSPS) is 15.2. The number of carbonyl (C=O) groups excluding carboxylic acids is 1. The summed E-state index contributed by atoms with van der Waals surface area (Å²) in [7, 11) is 0. The lowest BCUT2D eigenvalue weighted by molar-refractivity contribution is 0.235. The molecule has 1 aliphatic rings. The van der Waals surface area contributed by atoms with Crippen LogP contribution in [0.15, 0.2) is 67.0 Å². The van der Waals surface area contributed by atoms with Crippen LogP contribution in [0.5, 0.6) is 0 Å². The molecule has 3 aromatic rings. The summed E-state index contributed by atoms with van der Waals surface area (Å²) in [5.74, 6) is 0. The molecule has 0 saturated heterocycles. The number of urea groups is 1. The molecule has 0 bridgehead atoms. The first-order valence-corrected chi connectivity index (χ1v) is 9.68. The summed E-state index contributed by atoms with van der Waals surface area (Å²) in [6.07, 6.45) is 7.61. The SMILES string of the molecule is Cc1cc(-c2ccc(NC(=O)NC3(c4ccccn4)CCCC3)cc2)ccn1. The second kappa shape index (κ2) is 7.80. The van der Waals surface area contributed by atoms with Gasteiger partial charge in [-0.05, 0) is 67.3 Å². The molecule has 0 atom stereocenters. The standard InChI is InChI=1S/C23H24N4O/c1-17-16-19(11-15-24-17)18-7-9-20(10-8-18)26-22(28)27-23(12-3-4-13-23)21-6-2-5-14-25-21/h2,5-11,14-16H,3-4,12-13H2,1H3,(H2,26,27,28). The Morgan fingerprint density at radius 3 is 2.39 bits per heavy atom. The Kier molecular flexibility index (Phi) is 5.06. The van der Waals surface area contributed by atoms with Crippen LogP contribution in [0.4, 0.5) is 10.5 Å². The predicted molar refractivity (Wildman–Crippen MR) is 111 cm³/mol. The third kappa shape index (κ3) is 3.88. The van der Waals surface area contributed by atoms with Gasteiger partial charge >= 0.3 is 6.03 Å². The highest BCUT2D eigenvalue weighted by molar-refractivity contribution is 5.90. The van der Waals surface area contributed by atoms with Gasteiger partial charge in [-0.1, -0.05) is 31.0 Å². The zero-order valence-electron chi connectivity index (χ0n) is 16.0. The number of carbonyl (C=O) groups is 1. The van der Waals surface area contributed by atoms with Crippen molar-refractivity contribution in [2.75, 3.05) is 5.32 Å². The van der Waals surface area contributed by atoms with E-state index in [9.17, 15) is 4.79 Å². The first kappa shape index (κ1) is 18.2. The fourth-order valence-corrected chi connectivity index (χ4v) is 3.92. The van der Waals surface area contributed by atoms with Crippen LogP contribution in [0.25, 0.3) is 11.1 Å². The fraction of sp³-hybridized carbons (Fsp3) is 0.261. The van der Waals surface area contributed by atoms with Crippen LogP contribution in [0.3, 0.4) is 0 Å². The summed E-state index contributed by atoms with van der Waals surface area (Å²) in [4.78, 5) is 21.4. The van der Waals surface area contributed by atoms with Crippen molar-refractivity contribution in [2.45, 2.75) is 38.1 Å². The van der Waals surface area contributed by atoms with Gasteiger partial charge in [-0.3, -0.25) is 9.97 Å². The van der Waals surface area contributed by atoms with E-state index in [0.29, 0.717) is 0 Å². The highest BCUT2D eigenvalue weighted by Crippen LogP contribution is 2.37. The molecule has 2 heterocycles. The van der Waals surface area contributed by atoms with Crippen molar-refractivity contribution in [1.29, 1.82) is 0 Å². The van der Waals surface area contributed by atoms with Gasteiger partial charge in [0.1, 0.15) is 0 Å². The first-order chi connectivity index (χ1) is 13.6. The molecule has 0 aliphatic heterocycles. The predicted octanol–water partition coefficient (Wildman–Crippen LogP) is 5.04. The van der Waals surface area contributed by atoms with E-state index in [-0.39, 0.29) is 11.6 Å². The van der Waals surface area contributed by atoms with Crippen molar-refractivity contribution in [3.05, 3.63) is 78.4 Å². The van der Waals surface area contributed by atoms with Gasteiger partial charge in [-0.15, -0.1) is 0 Å². The summed E-state index contributed by atoms with van der Waals surface area (Å²) in [5, 5.41) is 6.15. The number of pyridine rings is 2. The number of nitrogens with zero attached hydrogens (tertiary/aromatic N) is 2. The quantitative estimate of drug-likeness (QED) is 0.674. The van der Waals surface area contributed by atoms with Crippen LogP contribution >= 0.6 is 0 Å². The summed E-state index contributed by atoms with van der Waals surface area (Å²) >= 11 is 0. The van der Waals surface area contributed by atoms with Gasteiger partial charge in [0.2, 0.25) is 0 Å². The van der Waals surface area contributed by atoms with Crippen LogP contribution < -0.4 is 10.6 Å². The summed E-state index contributed by atoms with van der Waals surface area (Å²) in [5.41, 5.74) is 4.52. The molecule has 1 aliphatic carbocycles. The zero-order chi connectivity index (χ0) is 19.4. The fourth-order valence-electron chi connectivity index (χ4n) is 3.92. The molecule has 1 saturated carbocycles. The summed E-state index contributed by atoms with van der Waals surface area (Å²) < 4.78 is 0. The van der Waals surface area contributed by atoms with E-state index < -0.39 is 0 Å². The topological polar surface area (TPSA) is 66.9 Å². The van der Waals surface area contributed by atoms with E-state index in [2.05, 4.69) is 20.6 Å². The molecule has 28 heavy (non-hydrogen) atoms. The minimum Gasteiger partial charge on any atom is -0.327 e. The Labute approximate surface area is 165 Å². The van der Waals surface area contributed by atoms with Gasteiger partial charge in [0, 0.05) is 23.8 Å². The number of anilines is 1. The second-order valence-corrected chi connectivity index (χ2v) is 7.35. The molecule has 1 aromatic carbocycles. The van der Waals surface area contributed by atoms with Crippen molar-refractivity contribution in [2.24, 2.45) is 0 Å².